The molecule has 0 radical (unpaired) electrons. The molecule has 3 nitrogen and oxygen atoms in total. The van der Waals surface area contributed by atoms with Crippen LogP contribution in [0.3, 0.4) is 0 Å². The van der Waals surface area contributed by atoms with Gasteiger partial charge in [-0.05, 0) is 44.7 Å². The van der Waals surface area contributed by atoms with Gasteiger partial charge in [-0.1, -0.05) is 20.8 Å². The fourth-order valence-electron chi connectivity index (χ4n) is 3.36. The predicted octanol–water partition coefficient (Wildman–Crippen LogP) is 4.69. The van der Waals surface area contributed by atoms with Crippen LogP contribution in [0, 0.1) is 12.3 Å². The lowest BCUT2D eigenvalue weighted by molar-refractivity contribution is 0.214. The van der Waals surface area contributed by atoms with Crippen LogP contribution in [0.5, 0.6) is 0 Å². The van der Waals surface area contributed by atoms with E-state index in [2.05, 4.69) is 45.3 Å². The number of imidazole rings is 1. The van der Waals surface area contributed by atoms with E-state index in [0.29, 0.717) is 5.88 Å². The zero-order valence-corrected chi connectivity index (χ0v) is 14.8. The Morgan fingerprint density at radius 2 is 1.76 bits per heavy atom. The fraction of sp³-hybridized carbons (Fsp3) is 0.647. The Kier molecular flexibility index (Phi) is 4.34. The van der Waals surface area contributed by atoms with Gasteiger partial charge < -0.3 is 4.57 Å². The Labute approximate surface area is 132 Å². The largest absolute Gasteiger partial charge is 0.307 e. The van der Waals surface area contributed by atoms with Crippen molar-refractivity contribution < 1.29 is 0 Å². The van der Waals surface area contributed by atoms with Crippen molar-refractivity contribution in [2.75, 3.05) is 5.88 Å². The van der Waals surface area contributed by atoms with Gasteiger partial charge in [0.25, 0.3) is 0 Å². The third-order valence-corrected chi connectivity index (χ3v) is 3.79. The maximum absolute atomic E-state index is 5.98. The summed E-state index contributed by atoms with van der Waals surface area (Å²) in [5, 5.41) is 0. The molecule has 0 aliphatic carbocycles. The highest BCUT2D eigenvalue weighted by Crippen LogP contribution is 2.35. The zero-order chi connectivity index (χ0) is 15.8. The normalized spacial score (nSPS) is 13.1. The van der Waals surface area contributed by atoms with Gasteiger partial charge in [0.1, 0.15) is 11.3 Å². The number of fused-ring (bicyclic) bond motifs is 1. The summed E-state index contributed by atoms with van der Waals surface area (Å²) in [5.74, 6) is 1.61. The molecule has 0 bridgehead atoms. The highest BCUT2D eigenvalue weighted by Gasteiger charge is 2.31. The van der Waals surface area contributed by atoms with Crippen LogP contribution in [0.25, 0.3) is 11.2 Å². The van der Waals surface area contributed by atoms with E-state index in [-0.39, 0.29) is 11.0 Å². The lowest BCUT2D eigenvalue weighted by atomic mass is 9.81. The molecule has 4 heteroatoms. The summed E-state index contributed by atoms with van der Waals surface area (Å²) in [6.45, 7) is 13.4. The number of alkyl halides is 1. The van der Waals surface area contributed by atoms with Crippen molar-refractivity contribution in [1.82, 2.24) is 14.5 Å². The van der Waals surface area contributed by atoms with Crippen LogP contribution in [0.4, 0.5) is 0 Å². The Morgan fingerprint density at radius 1 is 1.10 bits per heavy atom. The summed E-state index contributed by atoms with van der Waals surface area (Å²) in [6, 6.07) is 4.07. The average molecular weight is 308 g/mol. The monoisotopic (exact) mass is 307 g/mol. The highest BCUT2D eigenvalue weighted by atomic mass is 35.5. The van der Waals surface area contributed by atoms with Crippen LogP contribution in [-0.2, 0) is 12.0 Å². The summed E-state index contributed by atoms with van der Waals surface area (Å²) in [4.78, 5) is 9.49. The van der Waals surface area contributed by atoms with Gasteiger partial charge in [-0.2, -0.15) is 0 Å². The molecule has 2 aromatic heterocycles. The van der Waals surface area contributed by atoms with Gasteiger partial charge >= 0.3 is 0 Å². The van der Waals surface area contributed by atoms with Crippen molar-refractivity contribution in [3.63, 3.8) is 0 Å². The van der Waals surface area contributed by atoms with Crippen LogP contribution < -0.4 is 0 Å². The number of aromatic nitrogens is 3. The Bertz CT molecular complexity index is 635. The Balaban J connectivity index is 2.63. The third-order valence-electron chi connectivity index (χ3n) is 3.60. The van der Waals surface area contributed by atoms with E-state index >= 15 is 0 Å². The second-order valence-corrected chi connectivity index (χ2v) is 8.03. The van der Waals surface area contributed by atoms with Crippen molar-refractivity contribution in [2.24, 2.45) is 5.41 Å². The highest BCUT2D eigenvalue weighted by molar-refractivity contribution is 6.17. The Morgan fingerprint density at radius 3 is 2.33 bits per heavy atom. The van der Waals surface area contributed by atoms with E-state index in [1.54, 1.807) is 0 Å². The molecule has 21 heavy (non-hydrogen) atoms. The molecule has 0 unspecified atom stereocenters. The first kappa shape index (κ1) is 16.3. The number of pyridine rings is 1. The maximum atomic E-state index is 5.98. The minimum atomic E-state index is -0.0464. The molecule has 0 aromatic carbocycles. The number of nitrogens with zero attached hydrogens (tertiary/aromatic N) is 3. The molecule has 0 spiro atoms. The van der Waals surface area contributed by atoms with E-state index in [1.165, 1.54) is 0 Å². The topological polar surface area (TPSA) is 30.7 Å². The molecule has 0 aliphatic rings. The lowest BCUT2D eigenvalue weighted by Gasteiger charge is -2.35. The van der Waals surface area contributed by atoms with Crippen LogP contribution in [0.15, 0.2) is 12.1 Å². The second-order valence-electron chi connectivity index (χ2n) is 7.65. The van der Waals surface area contributed by atoms with Gasteiger partial charge in [0.2, 0.25) is 0 Å². The molecule has 0 fully saturated rings. The first-order chi connectivity index (χ1) is 9.64. The number of hydrogen-bond acceptors (Lipinski definition) is 2. The number of hydrogen-bond donors (Lipinski definition) is 0. The Hall–Kier alpha value is -1.09. The molecular weight excluding hydrogens is 282 g/mol. The predicted molar refractivity (Wildman–Crippen MR) is 90.1 cm³/mol. The molecule has 0 N–H and O–H groups in total. The van der Waals surface area contributed by atoms with E-state index < -0.39 is 0 Å². The van der Waals surface area contributed by atoms with Crippen molar-refractivity contribution in [2.45, 2.75) is 59.9 Å². The molecule has 2 heterocycles. The molecule has 0 saturated heterocycles. The lowest BCUT2D eigenvalue weighted by Crippen LogP contribution is -2.33. The van der Waals surface area contributed by atoms with Crippen molar-refractivity contribution in [3.05, 3.63) is 23.7 Å². The van der Waals surface area contributed by atoms with Crippen LogP contribution >= 0.6 is 11.6 Å². The van der Waals surface area contributed by atoms with Gasteiger partial charge in [0.05, 0.1) is 0 Å². The van der Waals surface area contributed by atoms with Gasteiger partial charge in [-0.3, -0.25) is 0 Å². The summed E-state index contributed by atoms with van der Waals surface area (Å²) in [7, 11) is 0. The molecule has 0 saturated carbocycles. The van der Waals surface area contributed by atoms with Crippen LogP contribution in [-0.4, -0.2) is 20.4 Å². The van der Waals surface area contributed by atoms with E-state index in [4.69, 9.17) is 21.6 Å². The fourth-order valence-corrected chi connectivity index (χ4v) is 3.53. The standard InChI is InChI=1S/C17H26ClN3/c1-12-7-8-13-15(19-12)21(14(20-13)9-10-18)17(5,6)11-16(2,3)4/h7-8H,9-11H2,1-6H3. The van der Waals surface area contributed by atoms with Gasteiger partial charge in [0, 0.05) is 23.5 Å². The van der Waals surface area contributed by atoms with Crippen molar-refractivity contribution in [1.29, 1.82) is 0 Å². The molecular formula is C17H26ClN3. The maximum Gasteiger partial charge on any atom is 0.160 e. The molecule has 116 valence electrons. The number of halogens is 1. The molecule has 0 aliphatic heterocycles. The van der Waals surface area contributed by atoms with E-state index in [1.807, 2.05) is 13.0 Å². The minimum Gasteiger partial charge on any atom is -0.307 e. The minimum absolute atomic E-state index is 0.0464. The average Bonchev–Trinajstić information content (AvgIpc) is 2.64. The first-order valence-electron chi connectivity index (χ1n) is 7.55. The summed E-state index contributed by atoms with van der Waals surface area (Å²) in [6.07, 6.45) is 1.82. The van der Waals surface area contributed by atoms with E-state index in [0.717, 1.165) is 35.5 Å². The SMILES string of the molecule is Cc1ccc2nc(CCCl)n(C(C)(C)CC(C)(C)C)c2n1. The molecule has 0 atom stereocenters. The number of rotatable bonds is 4. The van der Waals surface area contributed by atoms with Crippen molar-refractivity contribution >= 4 is 22.8 Å². The quantitative estimate of drug-likeness (QED) is 0.767. The zero-order valence-electron chi connectivity index (χ0n) is 14.0. The number of aryl methyl sites for hydroxylation is 2. The molecule has 2 rings (SSSR count). The second kappa shape index (κ2) is 5.60. The van der Waals surface area contributed by atoms with Crippen LogP contribution in [0.1, 0.15) is 52.6 Å². The van der Waals surface area contributed by atoms with Crippen molar-refractivity contribution in [3.8, 4) is 0 Å². The van der Waals surface area contributed by atoms with E-state index in [9.17, 15) is 0 Å². The smallest absolute Gasteiger partial charge is 0.160 e. The third kappa shape index (κ3) is 3.57. The van der Waals surface area contributed by atoms with Crippen LogP contribution in [0.2, 0.25) is 0 Å². The molecule has 0 amide bonds. The summed E-state index contributed by atoms with van der Waals surface area (Å²) in [5.41, 5.74) is 3.15. The van der Waals surface area contributed by atoms with Gasteiger partial charge in [-0.25, -0.2) is 9.97 Å². The summed E-state index contributed by atoms with van der Waals surface area (Å²) < 4.78 is 2.29. The molecule has 2 aromatic rings. The first-order valence-corrected chi connectivity index (χ1v) is 8.09. The van der Waals surface area contributed by atoms with Gasteiger partial charge in [0.15, 0.2) is 5.65 Å². The van der Waals surface area contributed by atoms with Gasteiger partial charge in [-0.15, -0.1) is 11.6 Å². The summed E-state index contributed by atoms with van der Waals surface area (Å²) >= 11 is 5.98.